The van der Waals surface area contributed by atoms with Crippen molar-refractivity contribution < 1.29 is 18.0 Å². The number of nitrogens with one attached hydrogen (secondary N) is 1. The Morgan fingerprint density at radius 2 is 1.68 bits per heavy atom. The molecule has 1 aliphatic rings. The maximum Gasteiger partial charge on any atom is 0.243 e. The van der Waals surface area contributed by atoms with Crippen LogP contribution in [0.4, 0.5) is 5.69 Å². The Morgan fingerprint density at radius 3 is 2.30 bits per heavy atom. The molecule has 1 atom stereocenters. The van der Waals surface area contributed by atoms with Gasteiger partial charge in [-0.25, -0.2) is 8.42 Å². The molecular weight excluding hydrogens is 593 g/mol. The molecule has 1 aliphatic carbocycles. The first kappa shape index (κ1) is 32.5. The van der Waals surface area contributed by atoms with Crippen molar-refractivity contribution >= 4 is 62.3 Å². The highest BCUT2D eigenvalue weighted by molar-refractivity contribution is 7.92. The number of rotatable bonds is 12. The third kappa shape index (κ3) is 9.00. The van der Waals surface area contributed by atoms with Gasteiger partial charge in [0.15, 0.2) is 0 Å². The molecule has 0 spiro atoms. The molecule has 7 nitrogen and oxygen atoms in total. The summed E-state index contributed by atoms with van der Waals surface area (Å²) in [6, 6.07) is 9.55. The average Bonchev–Trinajstić information content (AvgIpc) is 2.89. The summed E-state index contributed by atoms with van der Waals surface area (Å²) in [4.78, 5) is 28.7. The van der Waals surface area contributed by atoms with Crippen LogP contribution in [0.3, 0.4) is 0 Å². The van der Waals surface area contributed by atoms with Gasteiger partial charge in [0.25, 0.3) is 0 Å². The zero-order valence-electron chi connectivity index (χ0n) is 23.3. The molecule has 40 heavy (non-hydrogen) atoms. The number of sulfonamides is 1. The molecule has 0 aromatic heterocycles. The van der Waals surface area contributed by atoms with Gasteiger partial charge in [-0.3, -0.25) is 13.9 Å². The van der Waals surface area contributed by atoms with Gasteiger partial charge < -0.3 is 10.2 Å². The normalized spacial score (nSPS) is 14.9. The lowest BCUT2D eigenvalue weighted by Crippen LogP contribution is -2.51. The molecule has 11 heteroatoms. The fourth-order valence-corrected chi connectivity index (χ4v) is 6.78. The molecule has 0 aliphatic heterocycles. The molecule has 0 saturated heterocycles. The molecule has 2 amide bonds. The monoisotopic (exact) mass is 629 g/mol. The Bertz CT molecular complexity index is 1300. The highest BCUT2D eigenvalue weighted by Crippen LogP contribution is 2.28. The van der Waals surface area contributed by atoms with Gasteiger partial charge in [0.05, 0.1) is 11.9 Å². The van der Waals surface area contributed by atoms with Crippen LogP contribution in [-0.2, 0) is 26.2 Å². The first-order valence-corrected chi connectivity index (χ1v) is 16.7. The van der Waals surface area contributed by atoms with Gasteiger partial charge in [-0.2, -0.15) is 0 Å². The van der Waals surface area contributed by atoms with Gasteiger partial charge in [0, 0.05) is 40.6 Å². The number of hydrogen-bond donors (Lipinski definition) is 1. The van der Waals surface area contributed by atoms with E-state index < -0.39 is 16.1 Å². The van der Waals surface area contributed by atoms with Crippen LogP contribution in [0.2, 0.25) is 15.1 Å². The number of anilines is 1. The zero-order valence-corrected chi connectivity index (χ0v) is 26.3. The van der Waals surface area contributed by atoms with Crippen molar-refractivity contribution in [2.24, 2.45) is 0 Å². The van der Waals surface area contributed by atoms with Crippen molar-refractivity contribution in [3.8, 4) is 0 Å². The predicted molar refractivity (Wildman–Crippen MR) is 164 cm³/mol. The van der Waals surface area contributed by atoms with Crippen LogP contribution in [0.25, 0.3) is 0 Å². The van der Waals surface area contributed by atoms with Crippen molar-refractivity contribution in [1.29, 1.82) is 0 Å². The Labute approximate surface area is 253 Å². The van der Waals surface area contributed by atoms with E-state index in [1.807, 2.05) is 13.8 Å². The predicted octanol–water partition coefficient (Wildman–Crippen LogP) is 6.76. The standard InChI is InChI=1S/C29H38Cl3N3O4S/c1-4-26(29(37)33-24-9-6-5-7-10-24)34(19-21-13-15-22(30)17-25(21)32)28(36)11-8-16-35(40(3,38)39)27-18-23(31)14-12-20(27)2/h12-15,17-18,24,26H,4-11,16,19H2,1-3H3,(H,33,37)/t26-/m0/s1. The van der Waals surface area contributed by atoms with E-state index in [-0.39, 0.29) is 43.8 Å². The van der Waals surface area contributed by atoms with Gasteiger partial charge in [0.1, 0.15) is 6.04 Å². The highest BCUT2D eigenvalue weighted by atomic mass is 35.5. The van der Waals surface area contributed by atoms with Crippen molar-refractivity contribution in [3.63, 3.8) is 0 Å². The lowest BCUT2D eigenvalue weighted by Gasteiger charge is -2.33. The summed E-state index contributed by atoms with van der Waals surface area (Å²) in [6.07, 6.45) is 7.05. The maximum atomic E-state index is 13.7. The summed E-state index contributed by atoms with van der Waals surface area (Å²) >= 11 is 18.7. The second kappa shape index (κ2) is 14.8. The van der Waals surface area contributed by atoms with Crippen LogP contribution >= 0.6 is 34.8 Å². The molecule has 0 unspecified atom stereocenters. The van der Waals surface area contributed by atoms with Crippen molar-refractivity contribution in [2.75, 3.05) is 17.1 Å². The molecule has 2 aromatic carbocycles. The molecule has 0 heterocycles. The van der Waals surface area contributed by atoms with E-state index in [1.165, 1.54) is 10.7 Å². The number of amides is 2. The van der Waals surface area contributed by atoms with E-state index in [4.69, 9.17) is 34.8 Å². The Morgan fingerprint density at radius 1 is 1.02 bits per heavy atom. The van der Waals surface area contributed by atoms with Crippen LogP contribution in [0.5, 0.6) is 0 Å². The largest absolute Gasteiger partial charge is 0.352 e. The number of carbonyl (C=O) groups is 2. The van der Waals surface area contributed by atoms with Gasteiger partial charge in [-0.15, -0.1) is 0 Å². The molecule has 0 bridgehead atoms. The van der Waals surface area contributed by atoms with Crippen LogP contribution in [0.15, 0.2) is 36.4 Å². The van der Waals surface area contributed by atoms with E-state index >= 15 is 0 Å². The van der Waals surface area contributed by atoms with Crippen LogP contribution in [0.1, 0.15) is 69.4 Å². The zero-order chi connectivity index (χ0) is 29.4. The quantitative estimate of drug-likeness (QED) is 0.281. The number of halogens is 3. The lowest BCUT2D eigenvalue weighted by molar-refractivity contribution is -0.141. The molecule has 1 N–H and O–H groups in total. The van der Waals surface area contributed by atoms with Crippen LogP contribution in [-0.4, -0.2) is 50.0 Å². The topological polar surface area (TPSA) is 86.8 Å². The summed E-state index contributed by atoms with van der Waals surface area (Å²) in [6.45, 7) is 3.91. The summed E-state index contributed by atoms with van der Waals surface area (Å²) in [7, 11) is -3.63. The van der Waals surface area contributed by atoms with E-state index in [0.717, 1.165) is 37.5 Å². The first-order chi connectivity index (χ1) is 18.9. The second-order valence-electron chi connectivity index (χ2n) is 10.4. The molecule has 1 saturated carbocycles. The maximum absolute atomic E-state index is 13.7. The lowest BCUT2D eigenvalue weighted by atomic mass is 9.95. The minimum atomic E-state index is -3.63. The second-order valence-corrected chi connectivity index (χ2v) is 13.6. The van der Waals surface area contributed by atoms with Gasteiger partial charge in [-0.1, -0.05) is 73.1 Å². The van der Waals surface area contributed by atoms with Crippen molar-refractivity contribution in [1.82, 2.24) is 10.2 Å². The van der Waals surface area contributed by atoms with Crippen molar-refractivity contribution in [2.45, 2.75) is 83.8 Å². The van der Waals surface area contributed by atoms with Gasteiger partial charge in [0.2, 0.25) is 21.8 Å². The minimum Gasteiger partial charge on any atom is -0.352 e. The third-order valence-electron chi connectivity index (χ3n) is 7.29. The fraction of sp³-hybridized carbons (Fsp3) is 0.517. The summed E-state index contributed by atoms with van der Waals surface area (Å²) in [5.41, 5.74) is 1.91. The molecule has 1 fully saturated rings. The number of nitrogens with zero attached hydrogens (tertiary/aromatic N) is 2. The molecule has 2 aromatic rings. The van der Waals surface area contributed by atoms with E-state index in [2.05, 4.69) is 5.32 Å². The Hall–Kier alpha value is -2.00. The van der Waals surface area contributed by atoms with E-state index in [1.54, 1.807) is 41.3 Å². The molecule has 0 radical (unpaired) electrons. The number of aryl methyl sites for hydroxylation is 1. The Balaban J connectivity index is 1.81. The van der Waals surface area contributed by atoms with E-state index in [0.29, 0.717) is 32.7 Å². The van der Waals surface area contributed by atoms with Crippen LogP contribution < -0.4 is 9.62 Å². The fourth-order valence-electron chi connectivity index (χ4n) is 5.13. The van der Waals surface area contributed by atoms with Gasteiger partial charge >= 0.3 is 0 Å². The summed E-state index contributed by atoms with van der Waals surface area (Å²) < 4.78 is 26.6. The number of benzene rings is 2. The van der Waals surface area contributed by atoms with E-state index in [9.17, 15) is 18.0 Å². The number of carbonyl (C=O) groups excluding carboxylic acids is 2. The first-order valence-electron chi connectivity index (χ1n) is 13.7. The summed E-state index contributed by atoms with van der Waals surface area (Å²) in [5, 5.41) is 4.46. The molecule has 220 valence electrons. The average molecular weight is 631 g/mol. The molecule has 3 rings (SSSR count). The van der Waals surface area contributed by atoms with Crippen LogP contribution in [0, 0.1) is 6.92 Å². The van der Waals surface area contributed by atoms with Gasteiger partial charge in [-0.05, 0) is 68.0 Å². The smallest absolute Gasteiger partial charge is 0.243 e. The summed E-state index contributed by atoms with van der Waals surface area (Å²) in [5.74, 6) is -0.437. The third-order valence-corrected chi connectivity index (χ3v) is 9.29. The highest BCUT2D eigenvalue weighted by Gasteiger charge is 2.31. The SMILES string of the molecule is CC[C@@H](C(=O)NC1CCCCC1)N(Cc1ccc(Cl)cc1Cl)C(=O)CCCN(c1cc(Cl)ccc1C)S(C)(=O)=O. The van der Waals surface area contributed by atoms with Crippen molar-refractivity contribution in [3.05, 3.63) is 62.6 Å². The minimum absolute atomic E-state index is 0.0457. The molecular formula is C29H38Cl3N3O4S. The Kier molecular flexibility index (Phi) is 12.0. The number of hydrogen-bond acceptors (Lipinski definition) is 4.